The lowest BCUT2D eigenvalue weighted by Gasteiger charge is -2.15. The minimum absolute atomic E-state index is 0. The maximum atomic E-state index is 10.6. The quantitative estimate of drug-likeness (QED) is 0.492. The van der Waals surface area contributed by atoms with E-state index in [0.717, 1.165) is 0 Å². The van der Waals surface area contributed by atoms with Crippen molar-refractivity contribution in [2.45, 2.75) is 19.5 Å². The summed E-state index contributed by atoms with van der Waals surface area (Å²) in [5, 5.41) is 0. The molecule has 6 heteroatoms. The van der Waals surface area contributed by atoms with E-state index in [1.165, 1.54) is 6.92 Å². The van der Waals surface area contributed by atoms with E-state index in [0.29, 0.717) is 6.61 Å². The first-order valence-corrected chi connectivity index (χ1v) is 2.73. The molecule has 0 saturated heterocycles. The average Bonchev–Trinajstić information content (AvgIpc) is 1.64. The SMILES string of the molecule is CCOC(=O)C(C)(N)N.Cl.Cl. The van der Waals surface area contributed by atoms with Crippen LogP contribution >= 0.6 is 24.8 Å². The predicted molar refractivity (Wildman–Crippen MR) is 47.9 cm³/mol. The van der Waals surface area contributed by atoms with Crippen molar-refractivity contribution in [3.8, 4) is 0 Å². The normalized spacial score (nSPS) is 9.09. The number of hydrogen-bond donors (Lipinski definition) is 2. The standard InChI is InChI=1S/C5H12N2O2.2ClH/c1-3-9-4(8)5(2,6)7;;/h3,6-7H2,1-2H3;2*1H. The van der Waals surface area contributed by atoms with Crippen molar-refractivity contribution >= 4 is 30.8 Å². The predicted octanol–water partition coefficient (Wildman–Crippen LogP) is 0.0267. The number of halogens is 2. The van der Waals surface area contributed by atoms with Crippen molar-refractivity contribution in [3.05, 3.63) is 0 Å². The zero-order valence-corrected chi connectivity index (χ0v) is 8.13. The molecule has 0 aliphatic rings. The lowest BCUT2D eigenvalue weighted by molar-refractivity contribution is -0.148. The molecule has 70 valence electrons. The molecule has 0 radical (unpaired) electrons. The summed E-state index contributed by atoms with van der Waals surface area (Å²) in [5.74, 6) is -0.579. The van der Waals surface area contributed by atoms with E-state index >= 15 is 0 Å². The van der Waals surface area contributed by atoms with Gasteiger partial charge in [0, 0.05) is 0 Å². The van der Waals surface area contributed by atoms with Crippen LogP contribution in [0.1, 0.15) is 13.8 Å². The Morgan fingerprint density at radius 3 is 1.91 bits per heavy atom. The fourth-order valence-corrected chi connectivity index (χ4v) is 0.287. The van der Waals surface area contributed by atoms with Crippen LogP contribution in [0, 0.1) is 0 Å². The fourth-order valence-electron chi connectivity index (χ4n) is 0.287. The Balaban J connectivity index is -0.000000320. The van der Waals surface area contributed by atoms with Crippen molar-refractivity contribution in [2.75, 3.05) is 6.61 Å². The second-order valence-electron chi connectivity index (χ2n) is 2.00. The van der Waals surface area contributed by atoms with Crippen LogP contribution in [0.15, 0.2) is 0 Å². The Bertz CT molecular complexity index is 114. The Morgan fingerprint density at radius 2 is 1.82 bits per heavy atom. The van der Waals surface area contributed by atoms with Crippen molar-refractivity contribution < 1.29 is 9.53 Å². The Kier molecular flexibility index (Phi) is 10.4. The van der Waals surface area contributed by atoms with E-state index in [4.69, 9.17) is 11.5 Å². The van der Waals surface area contributed by atoms with Crippen molar-refractivity contribution in [2.24, 2.45) is 11.5 Å². The maximum Gasteiger partial charge on any atom is 0.340 e. The Hall–Kier alpha value is -0.0300. The smallest absolute Gasteiger partial charge is 0.340 e. The van der Waals surface area contributed by atoms with Crippen LogP contribution in [0.5, 0.6) is 0 Å². The first kappa shape index (κ1) is 17.2. The first-order chi connectivity index (χ1) is 3.98. The molecule has 0 aliphatic carbocycles. The summed E-state index contributed by atoms with van der Waals surface area (Å²) in [6.07, 6.45) is 0. The third kappa shape index (κ3) is 7.87. The fraction of sp³-hybridized carbons (Fsp3) is 0.800. The molecule has 0 aromatic heterocycles. The van der Waals surface area contributed by atoms with Crippen molar-refractivity contribution in [3.63, 3.8) is 0 Å². The van der Waals surface area contributed by atoms with Gasteiger partial charge in [0.05, 0.1) is 6.61 Å². The van der Waals surface area contributed by atoms with Crippen LogP contribution in [-0.4, -0.2) is 18.2 Å². The van der Waals surface area contributed by atoms with Gasteiger partial charge in [-0.25, -0.2) is 4.79 Å². The van der Waals surface area contributed by atoms with Crippen molar-refractivity contribution in [1.29, 1.82) is 0 Å². The molecule has 0 amide bonds. The largest absolute Gasteiger partial charge is 0.464 e. The van der Waals surface area contributed by atoms with E-state index in [9.17, 15) is 4.79 Å². The molecule has 0 rings (SSSR count). The molecular formula is C5H14Cl2N2O2. The van der Waals surface area contributed by atoms with Crippen LogP contribution in [-0.2, 0) is 9.53 Å². The topological polar surface area (TPSA) is 78.3 Å². The van der Waals surface area contributed by atoms with E-state index in [-0.39, 0.29) is 24.8 Å². The van der Waals surface area contributed by atoms with Gasteiger partial charge in [-0.15, -0.1) is 24.8 Å². The summed E-state index contributed by atoms with van der Waals surface area (Å²) < 4.78 is 4.52. The molecule has 4 N–H and O–H groups in total. The van der Waals surface area contributed by atoms with Gasteiger partial charge in [-0.3, -0.25) is 0 Å². The number of carbonyl (C=O) groups excluding carboxylic acids is 1. The molecule has 0 saturated carbocycles. The van der Waals surface area contributed by atoms with E-state index in [1.807, 2.05) is 0 Å². The van der Waals surface area contributed by atoms with Gasteiger partial charge < -0.3 is 16.2 Å². The molecule has 11 heavy (non-hydrogen) atoms. The number of carbonyl (C=O) groups is 1. The molecule has 0 fully saturated rings. The highest BCUT2D eigenvalue weighted by atomic mass is 35.5. The first-order valence-electron chi connectivity index (χ1n) is 2.73. The summed E-state index contributed by atoms with van der Waals surface area (Å²) >= 11 is 0. The second-order valence-corrected chi connectivity index (χ2v) is 2.00. The molecule has 0 aromatic rings. The Labute approximate surface area is 78.5 Å². The summed E-state index contributed by atoms with van der Waals surface area (Å²) in [6.45, 7) is 3.40. The molecular weight excluding hydrogens is 191 g/mol. The third-order valence-electron chi connectivity index (χ3n) is 0.715. The minimum atomic E-state index is -1.35. The average molecular weight is 205 g/mol. The van der Waals surface area contributed by atoms with E-state index in [2.05, 4.69) is 4.74 Å². The van der Waals surface area contributed by atoms with Gasteiger partial charge in [0.2, 0.25) is 0 Å². The number of esters is 1. The molecule has 0 heterocycles. The van der Waals surface area contributed by atoms with Gasteiger partial charge in [0.15, 0.2) is 5.66 Å². The molecule has 0 unspecified atom stereocenters. The van der Waals surface area contributed by atoms with E-state index < -0.39 is 11.6 Å². The van der Waals surface area contributed by atoms with Gasteiger partial charge in [0.1, 0.15) is 0 Å². The number of nitrogens with two attached hydrogens (primary N) is 2. The summed E-state index contributed by atoms with van der Waals surface area (Å²) in [4.78, 5) is 10.6. The third-order valence-corrected chi connectivity index (χ3v) is 0.715. The van der Waals surface area contributed by atoms with Gasteiger partial charge in [-0.1, -0.05) is 0 Å². The second kappa shape index (κ2) is 6.67. The highest BCUT2D eigenvalue weighted by molar-refractivity contribution is 5.85. The highest BCUT2D eigenvalue weighted by Crippen LogP contribution is 1.90. The van der Waals surface area contributed by atoms with Crippen molar-refractivity contribution in [1.82, 2.24) is 0 Å². The lowest BCUT2D eigenvalue weighted by Crippen LogP contribution is -2.54. The highest BCUT2D eigenvalue weighted by Gasteiger charge is 2.23. The van der Waals surface area contributed by atoms with E-state index in [1.54, 1.807) is 6.92 Å². The molecule has 0 bridgehead atoms. The zero-order valence-electron chi connectivity index (χ0n) is 6.49. The molecule has 0 aromatic carbocycles. The molecule has 4 nitrogen and oxygen atoms in total. The van der Waals surface area contributed by atoms with Crippen LogP contribution in [0.25, 0.3) is 0 Å². The Morgan fingerprint density at radius 1 is 1.45 bits per heavy atom. The number of rotatable bonds is 2. The number of ether oxygens (including phenoxy) is 1. The van der Waals surface area contributed by atoms with Crippen LogP contribution < -0.4 is 11.5 Å². The summed E-state index contributed by atoms with van der Waals surface area (Å²) in [7, 11) is 0. The minimum Gasteiger partial charge on any atom is -0.464 e. The molecule has 0 atom stereocenters. The lowest BCUT2D eigenvalue weighted by atomic mass is 10.2. The van der Waals surface area contributed by atoms with Gasteiger partial charge in [0.25, 0.3) is 0 Å². The monoisotopic (exact) mass is 204 g/mol. The van der Waals surface area contributed by atoms with Gasteiger partial charge in [-0.05, 0) is 13.8 Å². The zero-order chi connectivity index (χ0) is 7.49. The van der Waals surface area contributed by atoms with Crippen LogP contribution in [0.3, 0.4) is 0 Å². The van der Waals surface area contributed by atoms with Crippen LogP contribution in [0.4, 0.5) is 0 Å². The summed E-state index contributed by atoms with van der Waals surface area (Å²) in [5.41, 5.74) is 8.99. The van der Waals surface area contributed by atoms with Crippen LogP contribution in [0.2, 0.25) is 0 Å². The summed E-state index contributed by atoms with van der Waals surface area (Å²) in [6, 6.07) is 0. The van der Waals surface area contributed by atoms with Gasteiger partial charge >= 0.3 is 5.97 Å². The van der Waals surface area contributed by atoms with Gasteiger partial charge in [-0.2, -0.15) is 0 Å². The molecule has 0 spiro atoms. The molecule has 0 aliphatic heterocycles. The number of hydrogen-bond acceptors (Lipinski definition) is 4. The maximum absolute atomic E-state index is 10.6.